The van der Waals surface area contributed by atoms with Crippen molar-refractivity contribution in [2.75, 3.05) is 0 Å². The molecular formula is C14H36. The molecule has 0 nitrogen and oxygen atoms in total. The lowest BCUT2D eigenvalue weighted by molar-refractivity contribution is 0.352. The first-order valence-electron chi connectivity index (χ1n) is 6.22. The van der Waals surface area contributed by atoms with Gasteiger partial charge in [-0.15, -0.1) is 0 Å². The Bertz CT molecular complexity index is 57.1. The zero-order valence-corrected chi connectivity index (χ0v) is 11.3. The summed E-state index contributed by atoms with van der Waals surface area (Å²) in [5.74, 6) is 1.85. The van der Waals surface area contributed by atoms with E-state index in [-0.39, 0.29) is 7.43 Å². The molecule has 0 heteroatoms. The fraction of sp³-hybridized carbons (Fsp3) is 1.00. The van der Waals surface area contributed by atoms with Crippen LogP contribution in [0.3, 0.4) is 0 Å². The summed E-state index contributed by atoms with van der Waals surface area (Å²) in [6, 6.07) is 0. The first-order chi connectivity index (χ1) is 6.22. The molecule has 0 spiro atoms. The number of hydrogen-bond donors (Lipinski definition) is 0. The molecule has 0 saturated heterocycles. The molecule has 0 radical (unpaired) electrons. The van der Waals surface area contributed by atoms with Crippen molar-refractivity contribution in [1.29, 1.82) is 0 Å². The summed E-state index contributed by atoms with van der Waals surface area (Å²) in [6.45, 7) is 17.2. The molecule has 0 heterocycles. The van der Waals surface area contributed by atoms with Gasteiger partial charge in [-0.05, 0) is 11.8 Å². The molecule has 0 aromatic heterocycles. The lowest BCUT2D eigenvalue weighted by Crippen LogP contribution is -2.05. The third kappa shape index (κ3) is 17.9. The monoisotopic (exact) mass is 204 g/mol. The largest absolute Gasteiger partial charge is 0.0776 e. The molecule has 0 saturated carbocycles. The van der Waals surface area contributed by atoms with Crippen molar-refractivity contribution < 1.29 is 0 Å². The van der Waals surface area contributed by atoms with E-state index >= 15 is 0 Å². The van der Waals surface area contributed by atoms with Gasteiger partial charge in [0.2, 0.25) is 0 Å². The van der Waals surface area contributed by atoms with Crippen LogP contribution in [0.4, 0.5) is 0 Å². The summed E-state index contributed by atoms with van der Waals surface area (Å²) in [7, 11) is 0. The Hall–Kier alpha value is 0. The molecule has 0 fully saturated rings. The average molecular weight is 204 g/mol. The SMILES string of the molecule is C.CC.CC.CCCC(C)C(C)CC. The highest BCUT2D eigenvalue weighted by molar-refractivity contribution is 4.58. The predicted molar refractivity (Wildman–Crippen MR) is 73.0 cm³/mol. The number of rotatable bonds is 4. The maximum absolute atomic E-state index is 2.36. The maximum atomic E-state index is 2.36. The van der Waals surface area contributed by atoms with Gasteiger partial charge in [0.05, 0.1) is 0 Å². The van der Waals surface area contributed by atoms with E-state index in [2.05, 4.69) is 27.7 Å². The van der Waals surface area contributed by atoms with Gasteiger partial charge in [-0.25, -0.2) is 0 Å². The van der Waals surface area contributed by atoms with Gasteiger partial charge < -0.3 is 0 Å². The van der Waals surface area contributed by atoms with Crippen LogP contribution in [0.15, 0.2) is 0 Å². The zero-order chi connectivity index (χ0) is 11.3. The quantitative estimate of drug-likeness (QED) is 0.514. The van der Waals surface area contributed by atoms with Crippen LogP contribution in [0.2, 0.25) is 0 Å². The van der Waals surface area contributed by atoms with E-state index in [1.807, 2.05) is 27.7 Å². The highest BCUT2D eigenvalue weighted by Crippen LogP contribution is 2.18. The second-order valence-electron chi connectivity index (χ2n) is 3.15. The summed E-state index contributed by atoms with van der Waals surface area (Å²) in [6.07, 6.45) is 4.07. The van der Waals surface area contributed by atoms with E-state index in [9.17, 15) is 0 Å². The van der Waals surface area contributed by atoms with Gasteiger partial charge in [-0.1, -0.05) is 82.1 Å². The summed E-state index contributed by atoms with van der Waals surface area (Å²) < 4.78 is 0. The van der Waals surface area contributed by atoms with E-state index in [0.29, 0.717) is 0 Å². The van der Waals surface area contributed by atoms with Crippen LogP contribution < -0.4 is 0 Å². The van der Waals surface area contributed by atoms with Crippen molar-refractivity contribution in [2.45, 2.75) is 82.1 Å². The molecule has 2 unspecified atom stereocenters. The molecule has 0 amide bonds. The molecule has 0 aromatic rings. The summed E-state index contributed by atoms with van der Waals surface area (Å²) in [5, 5.41) is 0. The van der Waals surface area contributed by atoms with Crippen LogP contribution in [0.25, 0.3) is 0 Å². The van der Waals surface area contributed by atoms with Crippen LogP contribution in [0.1, 0.15) is 82.1 Å². The second-order valence-corrected chi connectivity index (χ2v) is 3.15. The molecular weight excluding hydrogens is 168 g/mol. The van der Waals surface area contributed by atoms with Crippen molar-refractivity contribution in [3.05, 3.63) is 0 Å². The molecule has 0 aliphatic carbocycles. The summed E-state index contributed by atoms with van der Waals surface area (Å²) in [5.41, 5.74) is 0. The van der Waals surface area contributed by atoms with Crippen LogP contribution in [0.5, 0.6) is 0 Å². The van der Waals surface area contributed by atoms with Crippen LogP contribution in [0, 0.1) is 11.8 Å². The van der Waals surface area contributed by atoms with Crippen molar-refractivity contribution >= 4 is 0 Å². The minimum atomic E-state index is 0. The minimum Gasteiger partial charge on any atom is -0.0776 e. The zero-order valence-electron chi connectivity index (χ0n) is 11.3. The molecule has 2 atom stereocenters. The Morgan fingerprint density at radius 2 is 1.14 bits per heavy atom. The topological polar surface area (TPSA) is 0 Å². The summed E-state index contributed by atoms with van der Waals surface area (Å²) in [4.78, 5) is 0. The molecule has 0 bridgehead atoms. The van der Waals surface area contributed by atoms with Crippen molar-refractivity contribution in [1.82, 2.24) is 0 Å². The van der Waals surface area contributed by atoms with Crippen LogP contribution in [-0.4, -0.2) is 0 Å². The average Bonchev–Trinajstić information content (AvgIpc) is 2.23. The fourth-order valence-corrected chi connectivity index (χ4v) is 1.14. The molecule has 0 aromatic carbocycles. The Labute approximate surface area is 94.5 Å². The van der Waals surface area contributed by atoms with E-state index < -0.39 is 0 Å². The third-order valence-corrected chi connectivity index (χ3v) is 2.36. The molecule has 0 rings (SSSR count). The Balaban J connectivity index is -0.0000000883. The molecule has 14 heavy (non-hydrogen) atoms. The Morgan fingerprint density at radius 3 is 1.36 bits per heavy atom. The molecule has 0 aliphatic rings. The Morgan fingerprint density at radius 1 is 0.786 bits per heavy atom. The van der Waals surface area contributed by atoms with Crippen molar-refractivity contribution in [3.8, 4) is 0 Å². The van der Waals surface area contributed by atoms with Crippen molar-refractivity contribution in [2.24, 2.45) is 11.8 Å². The lowest BCUT2D eigenvalue weighted by Gasteiger charge is -2.16. The Kier molecular flexibility index (Phi) is 39.1. The first kappa shape index (κ1) is 23.7. The highest BCUT2D eigenvalue weighted by atomic mass is 14.1. The fourth-order valence-electron chi connectivity index (χ4n) is 1.14. The van der Waals surface area contributed by atoms with E-state index in [0.717, 1.165) is 11.8 Å². The van der Waals surface area contributed by atoms with Gasteiger partial charge >= 0.3 is 0 Å². The van der Waals surface area contributed by atoms with E-state index in [1.54, 1.807) is 0 Å². The van der Waals surface area contributed by atoms with Crippen LogP contribution >= 0.6 is 0 Å². The van der Waals surface area contributed by atoms with Crippen molar-refractivity contribution in [3.63, 3.8) is 0 Å². The van der Waals surface area contributed by atoms with Crippen LogP contribution in [-0.2, 0) is 0 Å². The first-order valence-corrected chi connectivity index (χ1v) is 6.22. The van der Waals surface area contributed by atoms with Gasteiger partial charge in [-0.3, -0.25) is 0 Å². The highest BCUT2D eigenvalue weighted by Gasteiger charge is 2.07. The summed E-state index contributed by atoms with van der Waals surface area (Å²) >= 11 is 0. The number of hydrogen-bond acceptors (Lipinski definition) is 0. The predicted octanol–water partition coefficient (Wildman–Crippen LogP) is 6.16. The van der Waals surface area contributed by atoms with Gasteiger partial charge in [0.15, 0.2) is 0 Å². The second kappa shape index (κ2) is 23.1. The third-order valence-electron chi connectivity index (χ3n) is 2.36. The van der Waals surface area contributed by atoms with Gasteiger partial charge in [-0.2, -0.15) is 0 Å². The van der Waals surface area contributed by atoms with E-state index in [1.165, 1.54) is 19.3 Å². The lowest BCUT2D eigenvalue weighted by atomic mass is 9.90. The van der Waals surface area contributed by atoms with Gasteiger partial charge in [0.25, 0.3) is 0 Å². The standard InChI is InChI=1S/C9H20.2C2H6.CH4/c1-5-7-9(4)8(3)6-2;2*1-2;/h8-9H,5-7H2,1-4H3;2*1-2H3;1H4. The van der Waals surface area contributed by atoms with E-state index in [4.69, 9.17) is 0 Å². The molecule has 92 valence electrons. The molecule has 0 aliphatic heterocycles. The van der Waals surface area contributed by atoms with Gasteiger partial charge in [0, 0.05) is 0 Å². The normalized spacial score (nSPS) is 12.0. The smallest absolute Gasteiger partial charge is 0.0417 e. The minimum absolute atomic E-state index is 0. The molecule has 0 N–H and O–H groups in total. The van der Waals surface area contributed by atoms with Gasteiger partial charge in [0.1, 0.15) is 0 Å². The maximum Gasteiger partial charge on any atom is -0.0417 e.